The lowest BCUT2D eigenvalue weighted by Crippen LogP contribution is -2.33. The summed E-state index contributed by atoms with van der Waals surface area (Å²) in [6.45, 7) is 4.18. The number of nitrogens with one attached hydrogen (secondary N) is 1. The molecule has 1 aliphatic heterocycles. The predicted octanol–water partition coefficient (Wildman–Crippen LogP) is 3.05. The maximum Gasteiger partial charge on any atom is 0.251 e. The Morgan fingerprint density at radius 1 is 1.14 bits per heavy atom. The van der Waals surface area contributed by atoms with Gasteiger partial charge >= 0.3 is 0 Å². The molecule has 2 aromatic rings. The van der Waals surface area contributed by atoms with E-state index in [2.05, 4.69) is 34.5 Å². The van der Waals surface area contributed by atoms with E-state index in [0.717, 1.165) is 32.4 Å². The molecule has 0 unspecified atom stereocenters. The zero-order valence-corrected chi connectivity index (χ0v) is 17.9. The molecule has 0 aromatic heterocycles. The van der Waals surface area contributed by atoms with E-state index < -0.39 is 10.0 Å². The summed E-state index contributed by atoms with van der Waals surface area (Å²) in [5, 5.41) is 2.96. The molecular formula is C22H29N3O3S. The van der Waals surface area contributed by atoms with Crippen LogP contribution in [0.2, 0.25) is 0 Å². The molecule has 1 amide bonds. The number of hydrogen-bond acceptors (Lipinski definition) is 4. The van der Waals surface area contributed by atoms with Crippen LogP contribution in [0.15, 0.2) is 48.5 Å². The molecule has 1 aliphatic rings. The number of rotatable bonds is 8. The Hall–Kier alpha value is -2.54. The van der Waals surface area contributed by atoms with E-state index in [1.807, 2.05) is 0 Å². The Balaban J connectivity index is 1.49. The maximum absolute atomic E-state index is 12.4. The molecule has 0 saturated heterocycles. The average Bonchev–Trinajstić information content (AvgIpc) is 2.76. The van der Waals surface area contributed by atoms with Crippen LogP contribution in [0, 0.1) is 0 Å². The molecule has 0 fully saturated rings. The molecule has 7 heteroatoms. The van der Waals surface area contributed by atoms with Crippen LogP contribution >= 0.6 is 0 Å². The van der Waals surface area contributed by atoms with Gasteiger partial charge in [0.05, 0.1) is 11.4 Å². The number of carbonyl (C=O) groups is 1. The molecule has 0 aliphatic carbocycles. The van der Waals surface area contributed by atoms with Crippen molar-refractivity contribution in [3.8, 4) is 0 Å². The van der Waals surface area contributed by atoms with Gasteiger partial charge in [0.2, 0.25) is 10.0 Å². The Kier molecular flexibility index (Phi) is 6.79. The van der Waals surface area contributed by atoms with Crippen LogP contribution in [0.1, 0.15) is 35.7 Å². The van der Waals surface area contributed by atoms with Gasteiger partial charge in [-0.25, -0.2) is 8.42 Å². The van der Waals surface area contributed by atoms with Crippen molar-refractivity contribution in [1.29, 1.82) is 0 Å². The molecule has 0 spiro atoms. The van der Waals surface area contributed by atoms with E-state index in [0.29, 0.717) is 17.8 Å². The first-order valence-electron chi connectivity index (χ1n) is 10.1. The number of carbonyl (C=O) groups excluding carboxylic acids is 1. The lowest BCUT2D eigenvalue weighted by molar-refractivity contribution is 0.0953. The SMILES string of the molecule is CCS(=O)(=O)N(C)c1ccc(C(=O)NCCCN2CCCc3ccccc32)cc1. The number of aryl methyl sites for hydroxylation is 1. The Morgan fingerprint density at radius 2 is 1.86 bits per heavy atom. The Bertz CT molecular complexity index is 942. The van der Waals surface area contributed by atoms with E-state index in [9.17, 15) is 13.2 Å². The first kappa shape index (κ1) is 21.2. The third kappa shape index (κ3) is 5.09. The predicted molar refractivity (Wildman–Crippen MR) is 118 cm³/mol. The molecule has 2 aromatic carbocycles. The van der Waals surface area contributed by atoms with Crippen LogP contribution in [0.5, 0.6) is 0 Å². The fourth-order valence-corrected chi connectivity index (χ4v) is 4.42. The number of nitrogens with zero attached hydrogens (tertiary/aromatic N) is 2. The minimum atomic E-state index is -3.31. The second-order valence-corrected chi connectivity index (χ2v) is 9.53. The summed E-state index contributed by atoms with van der Waals surface area (Å²) in [5.41, 5.74) is 3.79. The molecule has 156 valence electrons. The minimum absolute atomic E-state index is 0.0350. The second kappa shape index (κ2) is 9.31. The fourth-order valence-electron chi connectivity index (χ4n) is 3.59. The third-order valence-corrected chi connectivity index (χ3v) is 7.15. The van der Waals surface area contributed by atoms with Gasteiger partial charge in [-0.3, -0.25) is 9.10 Å². The summed E-state index contributed by atoms with van der Waals surface area (Å²) in [7, 11) is -1.79. The summed E-state index contributed by atoms with van der Waals surface area (Å²) in [6, 6.07) is 15.2. The zero-order chi connectivity index (χ0) is 20.9. The maximum atomic E-state index is 12.4. The first-order chi connectivity index (χ1) is 13.9. The van der Waals surface area contributed by atoms with Crippen LogP contribution in [-0.4, -0.2) is 46.8 Å². The molecule has 0 radical (unpaired) electrons. The van der Waals surface area contributed by atoms with Crippen molar-refractivity contribution in [2.45, 2.75) is 26.2 Å². The first-order valence-corrected chi connectivity index (χ1v) is 11.7. The number of anilines is 2. The highest BCUT2D eigenvalue weighted by atomic mass is 32.2. The van der Waals surface area contributed by atoms with Gasteiger partial charge < -0.3 is 10.2 Å². The minimum Gasteiger partial charge on any atom is -0.371 e. The van der Waals surface area contributed by atoms with Gasteiger partial charge in [0.15, 0.2) is 0 Å². The Labute approximate surface area is 173 Å². The van der Waals surface area contributed by atoms with Crippen LogP contribution in [0.25, 0.3) is 0 Å². The van der Waals surface area contributed by atoms with Gasteiger partial charge in [-0.2, -0.15) is 0 Å². The largest absolute Gasteiger partial charge is 0.371 e. The summed E-state index contributed by atoms with van der Waals surface area (Å²) >= 11 is 0. The lowest BCUT2D eigenvalue weighted by Gasteiger charge is -2.31. The van der Waals surface area contributed by atoms with E-state index in [1.165, 1.54) is 22.6 Å². The Morgan fingerprint density at radius 3 is 2.59 bits per heavy atom. The highest BCUT2D eigenvalue weighted by Crippen LogP contribution is 2.26. The molecular weight excluding hydrogens is 386 g/mol. The normalized spacial score (nSPS) is 13.7. The topological polar surface area (TPSA) is 69.7 Å². The van der Waals surface area contributed by atoms with Gasteiger partial charge in [0, 0.05) is 37.9 Å². The molecule has 1 N–H and O–H groups in total. The highest BCUT2D eigenvalue weighted by Gasteiger charge is 2.17. The van der Waals surface area contributed by atoms with Gasteiger partial charge in [0.1, 0.15) is 0 Å². The lowest BCUT2D eigenvalue weighted by atomic mass is 10.0. The van der Waals surface area contributed by atoms with Crippen molar-refractivity contribution in [3.63, 3.8) is 0 Å². The number of sulfonamides is 1. The van der Waals surface area contributed by atoms with Crippen molar-refractivity contribution in [3.05, 3.63) is 59.7 Å². The molecule has 1 heterocycles. The molecule has 0 saturated carbocycles. The average molecular weight is 416 g/mol. The molecule has 0 atom stereocenters. The van der Waals surface area contributed by atoms with Crippen LogP contribution in [0.4, 0.5) is 11.4 Å². The van der Waals surface area contributed by atoms with Crippen LogP contribution < -0.4 is 14.5 Å². The van der Waals surface area contributed by atoms with Crippen molar-refractivity contribution in [2.24, 2.45) is 0 Å². The van der Waals surface area contributed by atoms with E-state index in [1.54, 1.807) is 31.2 Å². The number of fused-ring (bicyclic) bond motifs is 1. The van der Waals surface area contributed by atoms with Crippen molar-refractivity contribution < 1.29 is 13.2 Å². The molecule has 6 nitrogen and oxygen atoms in total. The molecule has 0 bridgehead atoms. The van der Waals surface area contributed by atoms with Crippen LogP contribution in [0.3, 0.4) is 0 Å². The molecule has 3 rings (SSSR count). The molecule has 29 heavy (non-hydrogen) atoms. The van der Waals surface area contributed by atoms with Gasteiger partial charge in [-0.05, 0) is 62.1 Å². The zero-order valence-electron chi connectivity index (χ0n) is 17.1. The monoisotopic (exact) mass is 415 g/mol. The van der Waals surface area contributed by atoms with E-state index in [4.69, 9.17) is 0 Å². The van der Waals surface area contributed by atoms with E-state index >= 15 is 0 Å². The standard InChI is InChI=1S/C22H29N3O3S/c1-3-29(27,28)24(2)20-13-11-19(12-14-20)22(26)23-15-7-17-25-16-6-9-18-8-4-5-10-21(18)25/h4-5,8,10-14H,3,6-7,9,15-17H2,1-2H3,(H,23,26). The number of para-hydroxylation sites is 1. The van der Waals surface area contributed by atoms with Crippen LogP contribution in [-0.2, 0) is 16.4 Å². The number of amides is 1. The van der Waals surface area contributed by atoms with Crippen molar-refractivity contribution in [1.82, 2.24) is 5.32 Å². The smallest absolute Gasteiger partial charge is 0.251 e. The summed E-state index contributed by atoms with van der Waals surface area (Å²) in [6.07, 6.45) is 3.17. The summed E-state index contributed by atoms with van der Waals surface area (Å²) in [4.78, 5) is 14.8. The van der Waals surface area contributed by atoms with E-state index in [-0.39, 0.29) is 11.7 Å². The summed E-state index contributed by atoms with van der Waals surface area (Å²) in [5.74, 6) is -0.107. The fraction of sp³-hybridized carbons (Fsp3) is 0.409. The van der Waals surface area contributed by atoms with Gasteiger partial charge in [-0.15, -0.1) is 0 Å². The highest BCUT2D eigenvalue weighted by molar-refractivity contribution is 7.92. The van der Waals surface area contributed by atoms with Gasteiger partial charge in [0.25, 0.3) is 5.91 Å². The summed E-state index contributed by atoms with van der Waals surface area (Å²) < 4.78 is 25.1. The number of benzene rings is 2. The quantitative estimate of drug-likeness (QED) is 0.673. The van der Waals surface area contributed by atoms with Crippen molar-refractivity contribution in [2.75, 3.05) is 41.6 Å². The van der Waals surface area contributed by atoms with Crippen molar-refractivity contribution >= 4 is 27.3 Å². The second-order valence-electron chi connectivity index (χ2n) is 7.24. The third-order valence-electron chi connectivity index (χ3n) is 5.37. The number of hydrogen-bond donors (Lipinski definition) is 1. The van der Waals surface area contributed by atoms with Gasteiger partial charge in [-0.1, -0.05) is 18.2 Å².